The quantitative estimate of drug-likeness (QED) is 0.755. The van der Waals surface area contributed by atoms with Crippen LogP contribution in [0.2, 0.25) is 0 Å². The number of hydrogen-bond donors (Lipinski definition) is 2. The average molecular weight is 394 g/mol. The molecular weight excluding hydrogens is 371 g/mol. The molecule has 4 aliphatic carbocycles. The Kier molecular flexibility index (Phi) is 4.04. The zero-order valence-corrected chi connectivity index (χ0v) is 16.3. The number of anilines is 1. The Morgan fingerprint density at radius 2 is 1.97 bits per heavy atom. The van der Waals surface area contributed by atoms with E-state index < -0.39 is 11.4 Å². The standard InChI is InChI=1S/C22H23FN4O2/c1-24-17-4-3-15(6-16(17)23)18-7-19(29-2)26-20(25-18)27-21-8-13-5-14(9-21)11-22(28,10-13)12-21/h3-4,6-7,13-14,28H,5,8-12H2,2H3,(H,25,26,27). The second kappa shape index (κ2) is 6.39. The summed E-state index contributed by atoms with van der Waals surface area (Å²) >= 11 is 0. The van der Waals surface area contributed by atoms with Crippen LogP contribution in [0.1, 0.15) is 38.5 Å². The number of nitrogens with zero attached hydrogens (tertiary/aromatic N) is 3. The van der Waals surface area contributed by atoms with Gasteiger partial charge in [-0.15, -0.1) is 0 Å². The van der Waals surface area contributed by atoms with Crippen molar-refractivity contribution in [3.05, 3.63) is 41.5 Å². The second-order valence-corrected chi connectivity index (χ2v) is 8.99. The summed E-state index contributed by atoms with van der Waals surface area (Å²) < 4.78 is 19.5. The Hall–Kier alpha value is -2.72. The zero-order chi connectivity index (χ0) is 20.2. The van der Waals surface area contributed by atoms with Gasteiger partial charge in [0.05, 0.1) is 25.0 Å². The normalized spacial score (nSPS) is 32.1. The highest BCUT2D eigenvalue weighted by atomic mass is 19.1. The van der Waals surface area contributed by atoms with Crippen LogP contribution < -0.4 is 10.1 Å². The van der Waals surface area contributed by atoms with Gasteiger partial charge < -0.3 is 15.2 Å². The summed E-state index contributed by atoms with van der Waals surface area (Å²) in [4.78, 5) is 12.2. The Morgan fingerprint density at radius 3 is 2.59 bits per heavy atom. The van der Waals surface area contributed by atoms with Crippen molar-refractivity contribution in [1.29, 1.82) is 0 Å². The molecule has 0 spiro atoms. The van der Waals surface area contributed by atoms with Crippen LogP contribution in [0.4, 0.5) is 16.0 Å². The first kappa shape index (κ1) is 18.3. The zero-order valence-electron chi connectivity index (χ0n) is 16.3. The van der Waals surface area contributed by atoms with Crippen LogP contribution in [0.25, 0.3) is 16.1 Å². The molecule has 0 radical (unpaired) electrons. The van der Waals surface area contributed by atoms with E-state index in [4.69, 9.17) is 11.3 Å². The topological polar surface area (TPSA) is 71.6 Å². The molecule has 2 aromatic rings. The first-order valence-corrected chi connectivity index (χ1v) is 10.0. The molecule has 0 amide bonds. The Labute approximate surface area is 169 Å². The van der Waals surface area contributed by atoms with Crippen molar-refractivity contribution in [2.45, 2.75) is 49.7 Å². The van der Waals surface area contributed by atoms with E-state index in [9.17, 15) is 9.50 Å². The van der Waals surface area contributed by atoms with Gasteiger partial charge in [0, 0.05) is 17.2 Å². The Balaban J connectivity index is 1.49. The van der Waals surface area contributed by atoms with Gasteiger partial charge in [-0.25, -0.2) is 14.2 Å². The molecule has 4 aliphatic rings. The van der Waals surface area contributed by atoms with Gasteiger partial charge in [0.15, 0.2) is 0 Å². The predicted octanol–water partition coefficient (Wildman–Crippen LogP) is 4.34. The van der Waals surface area contributed by atoms with E-state index in [0.717, 1.165) is 25.7 Å². The van der Waals surface area contributed by atoms with Gasteiger partial charge in [-0.1, -0.05) is 12.1 Å². The largest absolute Gasteiger partial charge is 0.481 e. The molecule has 6 nitrogen and oxygen atoms in total. The third-order valence-corrected chi connectivity index (χ3v) is 6.68. The van der Waals surface area contributed by atoms with Crippen LogP contribution in [0.15, 0.2) is 24.3 Å². The minimum absolute atomic E-state index is 0.0186. The molecular formula is C22H23FN4O2. The maximum absolute atomic E-state index is 14.1. The maximum Gasteiger partial charge on any atom is 0.226 e. The van der Waals surface area contributed by atoms with Crippen LogP contribution in [0.5, 0.6) is 5.88 Å². The highest BCUT2D eigenvalue weighted by Gasteiger charge is 2.57. The number of hydrogen-bond acceptors (Lipinski definition) is 5. The number of ether oxygens (including phenoxy) is 1. The van der Waals surface area contributed by atoms with Crippen LogP contribution in [0.3, 0.4) is 0 Å². The van der Waals surface area contributed by atoms with E-state index >= 15 is 0 Å². The average Bonchev–Trinajstić information content (AvgIpc) is 2.65. The van der Waals surface area contributed by atoms with E-state index in [1.54, 1.807) is 12.1 Å². The molecule has 4 bridgehead atoms. The smallest absolute Gasteiger partial charge is 0.226 e. The fourth-order valence-corrected chi connectivity index (χ4v) is 6.09. The maximum atomic E-state index is 14.1. The monoisotopic (exact) mass is 394 g/mol. The van der Waals surface area contributed by atoms with Crippen molar-refractivity contribution >= 4 is 11.6 Å². The highest BCUT2D eigenvalue weighted by Crippen LogP contribution is 2.58. The molecule has 0 aliphatic heterocycles. The van der Waals surface area contributed by atoms with Crippen molar-refractivity contribution in [3.63, 3.8) is 0 Å². The summed E-state index contributed by atoms with van der Waals surface area (Å²) in [6.45, 7) is 7.01. The summed E-state index contributed by atoms with van der Waals surface area (Å²) in [5, 5.41) is 14.5. The number of benzene rings is 1. The van der Waals surface area contributed by atoms with Gasteiger partial charge in [0.2, 0.25) is 17.5 Å². The summed E-state index contributed by atoms with van der Waals surface area (Å²) in [7, 11) is 1.53. The number of aromatic nitrogens is 2. The molecule has 1 heterocycles. The SMILES string of the molecule is [C-]#[N+]c1ccc(-c2cc(OC)nc(NC34CC5CC(CC(O)(C5)C3)C4)n2)cc1F. The lowest BCUT2D eigenvalue weighted by molar-refractivity contribution is -0.127. The van der Waals surface area contributed by atoms with Gasteiger partial charge >= 0.3 is 0 Å². The third-order valence-electron chi connectivity index (χ3n) is 6.68. The van der Waals surface area contributed by atoms with E-state index in [2.05, 4.69) is 20.1 Å². The fourth-order valence-electron chi connectivity index (χ4n) is 6.09. The molecule has 2 N–H and O–H groups in total. The number of aliphatic hydroxyl groups is 1. The molecule has 4 fully saturated rings. The molecule has 2 unspecified atom stereocenters. The lowest BCUT2D eigenvalue weighted by Gasteiger charge is -2.60. The molecule has 150 valence electrons. The van der Waals surface area contributed by atoms with E-state index in [0.29, 0.717) is 41.3 Å². The van der Waals surface area contributed by atoms with Crippen molar-refractivity contribution in [3.8, 4) is 17.1 Å². The molecule has 2 atom stereocenters. The van der Waals surface area contributed by atoms with Crippen LogP contribution in [-0.4, -0.2) is 33.3 Å². The van der Waals surface area contributed by atoms with E-state index in [-0.39, 0.29) is 11.2 Å². The molecule has 1 aromatic heterocycles. The van der Waals surface area contributed by atoms with Crippen molar-refractivity contribution in [2.24, 2.45) is 11.8 Å². The van der Waals surface area contributed by atoms with Gasteiger partial charge in [-0.2, -0.15) is 4.98 Å². The number of methoxy groups -OCH3 is 1. The predicted molar refractivity (Wildman–Crippen MR) is 106 cm³/mol. The van der Waals surface area contributed by atoms with E-state index in [1.807, 2.05) is 0 Å². The number of halogens is 1. The van der Waals surface area contributed by atoms with E-state index in [1.165, 1.54) is 25.7 Å². The van der Waals surface area contributed by atoms with Gasteiger partial charge in [0.1, 0.15) is 5.82 Å². The summed E-state index contributed by atoms with van der Waals surface area (Å²) in [6.07, 6.45) is 5.71. The van der Waals surface area contributed by atoms with Crippen LogP contribution in [-0.2, 0) is 0 Å². The summed E-state index contributed by atoms with van der Waals surface area (Å²) in [6, 6.07) is 6.10. The van der Waals surface area contributed by atoms with Crippen LogP contribution >= 0.6 is 0 Å². The first-order chi connectivity index (χ1) is 13.9. The lowest BCUT2D eigenvalue weighted by atomic mass is 9.51. The Bertz CT molecular complexity index is 1000. The molecule has 29 heavy (non-hydrogen) atoms. The molecule has 6 rings (SSSR count). The minimum Gasteiger partial charge on any atom is -0.481 e. The van der Waals surface area contributed by atoms with Crippen LogP contribution in [0, 0.1) is 24.2 Å². The lowest BCUT2D eigenvalue weighted by Crippen LogP contribution is -2.62. The van der Waals surface area contributed by atoms with Gasteiger partial charge in [0.25, 0.3) is 0 Å². The molecule has 0 saturated heterocycles. The first-order valence-electron chi connectivity index (χ1n) is 10.0. The number of rotatable bonds is 4. The number of nitrogens with one attached hydrogen (secondary N) is 1. The molecule has 1 aromatic carbocycles. The Morgan fingerprint density at radius 1 is 1.21 bits per heavy atom. The molecule has 7 heteroatoms. The third kappa shape index (κ3) is 3.22. The second-order valence-electron chi connectivity index (χ2n) is 8.99. The molecule has 4 saturated carbocycles. The summed E-state index contributed by atoms with van der Waals surface area (Å²) in [5.41, 5.74) is 0.273. The highest BCUT2D eigenvalue weighted by molar-refractivity contribution is 5.65. The fraction of sp³-hybridized carbons (Fsp3) is 0.500. The van der Waals surface area contributed by atoms with Crippen molar-refractivity contribution < 1.29 is 14.2 Å². The van der Waals surface area contributed by atoms with Crippen molar-refractivity contribution in [1.82, 2.24) is 9.97 Å². The van der Waals surface area contributed by atoms with Crippen molar-refractivity contribution in [2.75, 3.05) is 12.4 Å². The van der Waals surface area contributed by atoms with Gasteiger partial charge in [-0.3, -0.25) is 0 Å². The summed E-state index contributed by atoms with van der Waals surface area (Å²) in [5.74, 6) is 1.31. The van der Waals surface area contributed by atoms with Gasteiger partial charge in [-0.05, 0) is 56.4 Å². The minimum atomic E-state index is -0.586.